The number of anilines is 2. The predicted octanol–water partition coefficient (Wildman–Crippen LogP) is 4.23. The number of benzene rings is 2. The van der Waals surface area contributed by atoms with Gasteiger partial charge in [0.25, 0.3) is 5.91 Å². The fourth-order valence-corrected chi connectivity index (χ4v) is 4.63. The van der Waals surface area contributed by atoms with Gasteiger partial charge in [0.15, 0.2) is 6.10 Å². The van der Waals surface area contributed by atoms with Crippen molar-refractivity contribution < 1.29 is 27.9 Å². The average molecular weight is 456 g/mol. The van der Waals surface area contributed by atoms with Crippen LogP contribution in [-0.4, -0.2) is 30.4 Å². The van der Waals surface area contributed by atoms with E-state index in [-0.39, 0.29) is 5.91 Å². The van der Waals surface area contributed by atoms with Gasteiger partial charge in [0, 0.05) is 12.2 Å². The molecule has 1 aliphatic carbocycles. The van der Waals surface area contributed by atoms with E-state index in [1.807, 2.05) is 24.3 Å². The molecule has 0 aromatic heterocycles. The molecule has 2 amide bonds. The summed E-state index contributed by atoms with van der Waals surface area (Å²) in [7, 11) is 0. The Labute approximate surface area is 190 Å². The number of carbonyl (C=O) groups excluding carboxylic acids is 3. The SMILES string of the molecule is CC(OC(=O)C1CCCCC1C(=O)N1CCc2ccccc21)C(=O)Nc1c(F)cccc1F. The molecule has 1 aliphatic heterocycles. The van der Waals surface area contributed by atoms with Gasteiger partial charge in [-0.2, -0.15) is 0 Å². The summed E-state index contributed by atoms with van der Waals surface area (Å²) < 4.78 is 33.0. The third-order valence-corrected chi connectivity index (χ3v) is 6.41. The molecule has 3 unspecified atom stereocenters. The summed E-state index contributed by atoms with van der Waals surface area (Å²) >= 11 is 0. The lowest BCUT2D eigenvalue weighted by molar-refractivity contribution is -0.161. The highest BCUT2D eigenvalue weighted by Crippen LogP contribution is 2.36. The van der Waals surface area contributed by atoms with Crippen molar-refractivity contribution >= 4 is 29.2 Å². The molecule has 33 heavy (non-hydrogen) atoms. The smallest absolute Gasteiger partial charge is 0.310 e. The summed E-state index contributed by atoms with van der Waals surface area (Å²) in [6, 6.07) is 10.9. The summed E-state index contributed by atoms with van der Waals surface area (Å²) in [6.45, 7) is 1.91. The molecule has 8 heteroatoms. The summed E-state index contributed by atoms with van der Waals surface area (Å²) in [5.74, 6) is -4.64. The molecule has 4 rings (SSSR count). The molecule has 2 aromatic rings. The van der Waals surface area contributed by atoms with Crippen molar-refractivity contribution in [1.29, 1.82) is 0 Å². The van der Waals surface area contributed by atoms with Crippen LogP contribution in [0.2, 0.25) is 0 Å². The van der Waals surface area contributed by atoms with E-state index in [2.05, 4.69) is 5.32 Å². The van der Waals surface area contributed by atoms with Gasteiger partial charge in [-0.1, -0.05) is 37.1 Å². The molecular weight excluding hydrogens is 430 g/mol. The largest absolute Gasteiger partial charge is 0.452 e. The molecule has 2 aliphatic rings. The summed E-state index contributed by atoms with van der Waals surface area (Å²) in [6.07, 6.45) is 2.16. The van der Waals surface area contributed by atoms with E-state index in [4.69, 9.17) is 4.74 Å². The molecule has 0 bridgehead atoms. The Morgan fingerprint density at radius 1 is 1.00 bits per heavy atom. The van der Waals surface area contributed by atoms with Gasteiger partial charge < -0.3 is 15.0 Å². The highest BCUT2D eigenvalue weighted by Gasteiger charge is 2.41. The van der Waals surface area contributed by atoms with Crippen LogP contribution in [0.5, 0.6) is 0 Å². The number of amides is 2. The lowest BCUT2D eigenvalue weighted by Crippen LogP contribution is -2.43. The van der Waals surface area contributed by atoms with E-state index in [9.17, 15) is 23.2 Å². The molecule has 2 aromatic carbocycles. The normalized spacial score (nSPS) is 20.6. The van der Waals surface area contributed by atoms with Crippen LogP contribution in [0, 0.1) is 23.5 Å². The second-order valence-electron chi connectivity index (χ2n) is 8.53. The number of rotatable bonds is 5. The Hall–Kier alpha value is -3.29. The van der Waals surface area contributed by atoms with E-state index < -0.39 is 47.1 Å². The summed E-state index contributed by atoms with van der Waals surface area (Å²) in [5.41, 5.74) is 1.38. The minimum Gasteiger partial charge on any atom is -0.452 e. The van der Waals surface area contributed by atoms with Gasteiger partial charge in [0.2, 0.25) is 5.91 Å². The van der Waals surface area contributed by atoms with Gasteiger partial charge in [-0.3, -0.25) is 14.4 Å². The van der Waals surface area contributed by atoms with Crippen molar-refractivity contribution in [3.63, 3.8) is 0 Å². The lowest BCUT2D eigenvalue weighted by atomic mass is 9.78. The van der Waals surface area contributed by atoms with Crippen LogP contribution in [0.15, 0.2) is 42.5 Å². The first kappa shape index (κ1) is 22.9. The number of halogens is 2. The zero-order valence-electron chi connectivity index (χ0n) is 18.4. The van der Waals surface area contributed by atoms with Gasteiger partial charge >= 0.3 is 5.97 Å². The fourth-order valence-electron chi connectivity index (χ4n) is 4.63. The van der Waals surface area contributed by atoms with Crippen LogP contribution in [-0.2, 0) is 25.5 Å². The molecular formula is C25H26F2N2O4. The van der Waals surface area contributed by atoms with Crippen LogP contribution in [0.3, 0.4) is 0 Å². The van der Waals surface area contributed by atoms with E-state index in [1.54, 1.807) is 4.90 Å². The molecule has 0 radical (unpaired) electrons. The predicted molar refractivity (Wildman–Crippen MR) is 118 cm³/mol. The number of esters is 1. The molecule has 174 valence electrons. The standard InChI is InChI=1S/C25H26F2N2O4/c1-15(23(30)28-22-19(26)10-6-11-20(22)27)33-25(32)18-9-4-3-8-17(18)24(31)29-14-13-16-7-2-5-12-21(16)29/h2,5-7,10-12,15,17-18H,3-4,8-9,13-14H2,1H3,(H,28,30). The third-order valence-electron chi connectivity index (χ3n) is 6.41. The number of ether oxygens (including phenoxy) is 1. The Balaban J connectivity index is 1.43. The van der Waals surface area contributed by atoms with Gasteiger partial charge in [-0.05, 0) is 49.9 Å². The maximum Gasteiger partial charge on any atom is 0.310 e. The highest BCUT2D eigenvalue weighted by atomic mass is 19.1. The highest BCUT2D eigenvalue weighted by molar-refractivity contribution is 6.00. The van der Waals surface area contributed by atoms with Crippen LogP contribution in [0.25, 0.3) is 0 Å². The first-order valence-corrected chi connectivity index (χ1v) is 11.2. The fraction of sp³-hybridized carbons (Fsp3) is 0.400. The number of nitrogens with zero attached hydrogens (tertiary/aromatic N) is 1. The van der Waals surface area contributed by atoms with Crippen molar-refractivity contribution in [3.05, 3.63) is 59.7 Å². The zero-order valence-corrected chi connectivity index (χ0v) is 18.4. The van der Waals surface area contributed by atoms with Crippen molar-refractivity contribution in [2.24, 2.45) is 11.8 Å². The summed E-state index contributed by atoms with van der Waals surface area (Å²) in [5, 5.41) is 2.13. The van der Waals surface area contributed by atoms with E-state index in [0.717, 1.165) is 42.6 Å². The Morgan fingerprint density at radius 2 is 1.67 bits per heavy atom. The van der Waals surface area contributed by atoms with Crippen LogP contribution < -0.4 is 10.2 Å². The van der Waals surface area contributed by atoms with Gasteiger partial charge in [0.05, 0.1) is 11.8 Å². The van der Waals surface area contributed by atoms with Crippen LogP contribution >= 0.6 is 0 Å². The Bertz CT molecular complexity index is 1050. The first-order valence-electron chi connectivity index (χ1n) is 11.2. The van der Waals surface area contributed by atoms with Gasteiger partial charge in [-0.25, -0.2) is 8.78 Å². The van der Waals surface area contributed by atoms with Gasteiger partial charge in [-0.15, -0.1) is 0 Å². The Kier molecular flexibility index (Phi) is 6.72. The van der Waals surface area contributed by atoms with E-state index in [0.29, 0.717) is 19.4 Å². The second-order valence-corrected chi connectivity index (χ2v) is 8.53. The minimum atomic E-state index is -1.28. The first-order chi connectivity index (χ1) is 15.9. The van der Waals surface area contributed by atoms with E-state index in [1.165, 1.54) is 13.0 Å². The topological polar surface area (TPSA) is 75.7 Å². The quantitative estimate of drug-likeness (QED) is 0.684. The lowest BCUT2D eigenvalue weighted by Gasteiger charge is -2.32. The van der Waals surface area contributed by atoms with Crippen molar-refractivity contribution in [1.82, 2.24) is 0 Å². The third kappa shape index (κ3) is 4.74. The second kappa shape index (κ2) is 9.68. The number of fused-ring (bicyclic) bond motifs is 1. The molecule has 1 heterocycles. The number of hydrogen-bond acceptors (Lipinski definition) is 4. The maximum atomic E-state index is 13.8. The number of hydrogen-bond donors (Lipinski definition) is 1. The summed E-state index contributed by atoms with van der Waals surface area (Å²) in [4.78, 5) is 40.5. The van der Waals surface area contributed by atoms with Crippen LogP contribution in [0.1, 0.15) is 38.2 Å². The Morgan fingerprint density at radius 3 is 2.39 bits per heavy atom. The minimum absolute atomic E-state index is 0.105. The van der Waals surface area contributed by atoms with Crippen molar-refractivity contribution in [3.8, 4) is 0 Å². The van der Waals surface area contributed by atoms with Crippen LogP contribution in [0.4, 0.5) is 20.2 Å². The number of nitrogens with one attached hydrogen (secondary N) is 1. The number of carbonyl (C=O) groups is 3. The molecule has 0 spiro atoms. The molecule has 1 N–H and O–H groups in total. The molecule has 3 atom stereocenters. The molecule has 0 saturated heterocycles. The maximum absolute atomic E-state index is 13.8. The zero-order chi connectivity index (χ0) is 23.5. The van der Waals surface area contributed by atoms with Crippen molar-refractivity contribution in [2.75, 3.05) is 16.8 Å². The van der Waals surface area contributed by atoms with E-state index >= 15 is 0 Å². The van der Waals surface area contributed by atoms with Gasteiger partial charge in [0.1, 0.15) is 17.3 Å². The number of para-hydroxylation sites is 2. The van der Waals surface area contributed by atoms with Crippen molar-refractivity contribution in [2.45, 2.75) is 45.1 Å². The monoisotopic (exact) mass is 456 g/mol. The average Bonchev–Trinajstić information content (AvgIpc) is 3.25. The molecule has 6 nitrogen and oxygen atoms in total. The molecule has 1 fully saturated rings. The molecule has 1 saturated carbocycles.